The van der Waals surface area contributed by atoms with Crippen LogP contribution < -0.4 is 4.57 Å². The predicted molar refractivity (Wildman–Crippen MR) is 119 cm³/mol. The maximum Gasteiger partial charge on any atom is 0.220 e. The summed E-state index contributed by atoms with van der Waals surface area (Å²) in [5, 5.41) is 2.30. The lowest BCUT2D eigenvalue weighted by atomic mass is 9.76. The van der Waals surface area contributed by atoms with E-state index >= 15 is 0 Å². The van der Waals surface area contributed by atoms with Gasteiger partial charge in [0.1, 0.15) is 7.05 Å². The first-order valence-corrected chi connectivity index (χ1v) is 9.89. The molecule has 1 aromatic heterocycles. The van der Waals surface area contributed by atoms with Crippen molar-refractivity contribution in [2.75, 3.05) is 0 Å². The van der Waals surface area contributed by atoms with Crippen LogP contribution in [0.2, 0.25) is 0 Å². The van der Waals surface area contributed by atoms with Crippen LogP contribution in [0.4, 0.5) is 5.69 Å². The van der Waals surface area contributed by atoms with Gasteiger partial charge in [-0.3, -0.25) is 0 Å². The molecule has 0 unspecified atom stereocenters. The maximum absolute atomic E-state index is 7.33. The van der Waals surface area contributed by atoms with Crippen LogP contribution in [0.5, 0.6) is 0 Å². The van der Waals surface area contributed by atoms with Crippen molar-refractivity contribution >= 4 is 16.5 Å². The second-order valence-corrected chi connectivity index (χ2v) is 9.85. The Morgan fingerprint density at radius 1 is 0.893 bits per heavy atom. The molecular weight excluding hydrogens is 340 g/mol. The minimum absolute atomic E-state index is 0.0700. The van der Waals surface area contributed by atoms with Crippen molar-refractivity contribution in [3.05, 3.63) is 70.7 Å². The van der Waals surface area contributed by atoms with E-state index in [4.69, 9.17) is 6.57 Å². The quantitative estimate of drug-likeness (QED) is 0.329. The van der Waals surface area contributed by atoms with Crippen molar-refractivity contribution < 1.29 is 4.57 Å². The second kappa shape index (κ2) is 6.74. The van der Waals surface area contributed by atoms with Crippen molar-refractivity contribution in [2.45, 2.75) is 59.3 Å². The van der Waals surface area contributed by atoms with E-state index < -0.39 is 0 Å². The molecule has 0 atom stereocenters. The van der Waals surface area contributed by atoms with Gasteiger partial charge in [0.2, 0.25) is 5.69 Å². The van der Waals surface area contributed by atoms with Crippen LogP contribution in [0.15, 0.2) is 42.6 Å². The summed E-state index contributed by atoms with van der Waals surface area (Å²) < 4.78 is 2.21. The molecule has 0 saturated heterocycles. The zero-order chi connectivity index (χ0) is 20.9. The fraction of sp³-hybridized carbons (Fsp3) is 0.385. The Balaban J connectivity index is 2.44. The molecule has 0 aliphatic heterocycles. The normalized spacial score (nSPS) is 12.2. The first-order valence-electron chi connectivity index (χ1n) is 9.89. The maximum atomic E-state index is 7.33. The molecule has 0 amide bonds. The van der Waals surface area contributed by atoms with Gasteiger partial charge < -0.3 is 0 Å². The van der Waals surface area contributed by atoms with Crippen molar-refractivity contribution in [3.8, 4) is 11.3 Å². The van der Waals surface area contributed by atoms with E-state index in [1.165, 1.54) is 33.3 Å². The SMILES string of the molecule is [C-]#[N+]c1ccc2c(-c3cc(C(C)(C)C)cc(C(C)(C)C)c3C)[n+](C)ccc2c1. The van der Waals surface area contributed by atoms with Crippen LogP contribution in [0.25, 0.3) is 26.9 Å². The zero-order valence-electron chi connectivity index (χ0n) is 18.4. The number of nitrogens with zero attached hydrogens (tertiary/aromatic N) is 2. The third kappa shape index (κ3) is 3.54. The van der Waals surface area contributed by atoms with Gasteiger partial charge in [0.25, 0.3) is 0 Å². The highest BCUT2D eigenvalue weighted by molar-refractivity contribution is 5.95. The number of fused-ring (bicyclic) bond motifs is 1. The lowest BCUT2D eigenvalue weighted by molar-refractivity contribution is -0.659. The lowest BCUT2D eigenvalue weighted by Gasteiger charge is -2.28. The fourth-order valence-corrected chi connectivity index (χ4v) is 3.94. The van der Waals surface area contributed by atoms with Gasteiger partial charge >= 0.3 is 0 Å². The van der Waals surface area contributed by atoms with E-state index in [-0.39, 0.29) is 10.8 Å². The van der Waals surface area contributed by atoms with Crippen LogP contribution >= 0.6 is 0 Å². The molecule has 0 spiro atoms. The summed E-state index contributed by atoms with van der Waals surface area (Å²) in [6.07, 6.45) is 2.10. The fourth-order valence-electron chi connectivity index (χ4n) is 3.94. The number of pyridine rings is 1. The average Bonchev–Trinajstić information content (AvgIpc) is 2.60. The molecule has 0 aliphatic carbocycles. The third-order valence-electron chi connectivity index (χ3n) is 5.59. The summed E-state index contributed by atoms with van der Waals surface area (Å²) in [6.45, 7) is 23.3. The lowest BCUT2D eigenvalue weighted by Crippen LogP contribution is -2.31. The van der Waals surface area contributed by atoms with Gasteiger partial charge in [-0.1, -0.05) is 59.7 Å². The largest absolute Gasteiger partial charge is 0.238 e. The molecular formula is C26H31N2+. The second-order valence-electron chi connectivity index (χ2n) is 9.85. The zero-order valence-corrected chi connectivity index (χ0v) is 18.4. The minimum Gasteiger partial charge on any atom is -0.238 e. The Kier molecular flexibility index (Phi) is 4.84. The standard InChI is InChI=1S/C26H31N2/c1-17-22(15-19(25(2,3)4)16-23(17)26(5,6)7)24-21-11-10-20(27-8)14-18(21)12-13-28(24)9/h10-16H,1-7,9H3/q+1. The molecule has 3 rings (SSSR count). The van der Waals surface area contributed by atoms with E-state index in [1.807, 2.05) is 12.1 Å². The summed E-state index contributed by atoms with van der Waals surface area (Å²) >= 11 is 0. The van der Waals surface area contributed by atoms with Crippen LogP contribution in [-0.2, 0) is 17.9 Å². The molecule has 28 heavy (non-hydrogen) atoms. The van der Waals surface area contributed by atoms with Crippen molar-refractivity contribution in [2.24, 2.45) is 7.05 Å². The van der Waals surface area contributed by atoms with Gasteiger partial charge in [0.05, 0.1) is 17.5 Å². The molecule has 0 bridgehead atoms. The highest BCUT2D eigenvalue weighted by Gasteiger charge is 2.27. The molecule has 0 saturated carbocycles. The van der Waals surface area contributed by atoms with Gasteiger partial charge in [-0.05, 0) is 52.0 Å². The van der Waals surface area contributed by atoms with Crippen LogP contribution in [0.3, 0.4) is 0 Å². The van der Waals surface area contributed by atoms with Gasteiger partial charge in [0, 0.05) is 6.07 Å². The molecule has 2 aromatic carbocycles. The Morgan fingerprint density at radius 2 is 1.57 bits per heavy atom. The number of benzene rings is 2. The monoisotopic (exact) mass is 371 g/mol. The van der Waals surface area contributed by atoms with E-state index in [0.29, 0.717) is 5.69 Å². The minimum atomic E-state index is 0.0700. The number of hydrogen-bond acceptors (Lipinski definition) is 0. The molecule has 0 aliphatic rings. The molecule has 0 N–H and O–H groups in total. The number of rotatable bonds is 1. The summed E-state index contributed by atoms with van der Waals surface area (Å²) in [4.78, 5) is 3.60. The Labute approximate surface area is 169 Å². The van der Waals surface area contributed by atoms with E-state index in [1.54, 1.807) is 0 Å². The number of aromatic nitrogens is 1. The van der Waals surface area contributed by atoms with Gasteiger partial charge in [-0.15, -0.1) is 0 Å². The van der Waals surface area contributed by atoms with Gasteiger partial charge in [-0.2, -0.15) is 0 Å². The van der Waals surface area contributed by atoms with E-state index in [9.17, 15) is 0 Å². The average molecular weight is 372 g/mol. The smallest absolute Gasteiger partial charge is 0.220 e. The third-order valence-corrected chi connectivity index (χ3v) is 5.59. The summed E-state index contributed by atoms with van der Waals surface area (Å²) in [6, 6.07) is 12.9. The molecule has 144 valence electrons. The Hall–Kier alpha value is -2.66. The Bertz CT molecular complexity index is 1100. The van der Waals surface area contributed by atoms with Crippen molar-refractivity contribution in [3.63, 3.8) is 0 Å². The summed E-state index contributed by atoms with van der Waals surface area (Å²) in [5.74, 6) is 0. The van der Waals surface area contributed by atoms with Crippen LogP contribution in [0, 0.1) is 13.5 Å². The van der Waals surface area contributed by atoms with Gasteiger partial charge in [0.15, 0.2) is 11.9 Å². The highest BCUT2D eigenvalue weighted by atomic mass is 14.9. The molecule has 0 fully saturated rings. The number of hydrogen-bond donors (Lipinski definition) is 0. The first kappa shape index (κ1) is 20.1. The van der Waals surface area contributed by atoms with Crippen molar-refractivity contribution in [1.29, 1.82) is 0 Å². The van der Waals surface area contributed by atoms with Crippen LogP contribution in [0.1, 0.15) is 58.2 Å². The van der Waals surface area contributed by atoms with E-state index in [2.05, 4.69) is 95.4 Å². The summed E-state index contributed by atoms with van der Waals surface area (Å²) in [5.41, 5.74) is 7.39. The molecule has 1 heterocycles. The number of aryl methyl sites for hydroxylation is 1. The van der Waals surface area contributed by atoms with Gasteiger partial charge in [-0.25, -0.2) is 9.41 Å². The van der Waals surface area contributed by atoms with Crippen molar-refractivity contribution in [1.82, 2.24) is 0 Å². The topological polar surface area (TPSA) is 8.24 Å². The summed E-state index contributed by atoms with van der Waals surface area (Å²) in [7, 11) is 2.11. The predicted octanol–water partition coefficient (Wildman–Crippen LogP) is 6.79. The highest BCUT2D eigenvalue weighted by Crippen LogP contribution is 2.38. The first-order chi connectivity index (χ1) is 12.9. The molecule has 2 heteroatoms. The molecule has 0 radical (unpaired) electrons. The van der Waals surface area contributed by atoms with Crippen LogP contribution in [-0.4, -0.2) is 0 Å². The molecule has 3 aromatic rings. The Morgan fingerprint density at radius 3 is 2.14 bits per heavy atom. The van der Waals surface area contributed by atoms with E-state index in [0.717, 1.165) is 5.39 Å². The molecule has 2 nitrogen and oxygen atoms in total.